The van der Waals surface area contributed by atoms with Crippen molar-refractivity contribution in [2.45, 2.75) is 33.7 Å². The van der Waals surface area contributed by atoms with Crippen molar-refractivity contribution < 1.29 is 9.90 Å². The summed E-state index contributed by atoms with van der Waals surface area (Å²) < 4.78 is 1.34. The zero-order valence-corrected chi connectivity index (χ0v) is 18.0. The van der Waals surface area contributed by atoms with E-state index in [2.05, 4.69) is 10.3 Å². The van der Waals surface area contributed by atoms with Gasteiger partial charge in [-0.15, -0.1) is 0 Å². The molecule has 0 unspecified atom stereocenters. The smallest absolute Gasteiger partial charge is 0.257 e. The molecule has 0 fully saturated rings. The van der Waals surface area contributed by atoms with Gasteiger partial charge in [0.1, 0.15) is 12.4 Å². The van der Waals surface area contributed by atoms with E-state index in [0.29, 0.717) is 33.4 Å². The zero-order valence-electron chi connectivity index (χ0n) is 17.2. The third-order valence-corrected chi connectivity index (χ3v) is 5.11. The number of rotatable bonds is 6. The van der Waals surface area contributed by atoms with E-state index in [1.807, 2.05) is 32.0 Å². The van der Waals surface area contributed by atoms with Crippen molar-refractivity contribution in [3.63, 3.8) is 0 Å². The van der Waals surface area contributed by atoms with Crippen LogP contribution >= 0.6 is 11.6 Å². The van der Waals surface area contributed by atoms with Crippen molar-refractivity contribution in [2.24, 2.45) is 0 Å². The van der Waals surface area contributed by atoms with Crippen molar-refractivity contribution in [1.29, 1.82) is 0 Å². The van der Waals surface area contributed by atoms with Crippen LogP contribution in [0.15, 0.2) is 47.3 Å². The van der Waals surface area contributed by atoms with Gasteiger partial charge in [-0.2, -0.15) is 0 Å². The molecule has 1 aromatic heterocycles. The molecule has 0 aliphatic rings. The molecule has 0 radical (unpaired) electrons. The molecule has 0 saturated carbocycles. The first kappa shape index (κ1) is 21.7. The van der Waals surface area contributed by atoms with Crippen LogP contribution in [0.3, 0.4) is 0 Å². The average molecular weight is 426 g/mol. The van der Waals surface area contributed by atoms with Crippen LogP contribution in [-0.2, 0) is 17.8 Å². The Morgan fingerprint density at radius 1 is 1.17 bits per heavy atom. The van der Waals surface area contributed by atoms with Crippen LogP contribution in [-0.4, -0.2) is 27.2 Å². The Hall–Kier alpha value is -2.96. The molecule has 2 N–H and O–H groups in total. The lowest BCUT2D eigenvalue weighted by Crippen LogP contribution is -2.33. The van der Waals surface area contributed by atoms with Crippen LogP contribution in [0.2, 0.25) is 5.02 Å². The fourth-order valence-corrected chi connectivity index (χ4v) is 3.57. The number of nitrogens with one attached hydrogen (secondary N) is 1. The molecule has 0 aliphatic carbocycles. The van der Waals surface area contributed by atoms with Gasteiger partial charge < -0.3 is 10.4 Å². The molecule has 3 rings (SSSR count). The van der Waals surface area contributed by atoms with E-state index < -0.39 is 0 Å². The molecule has 0 aliphatic heterocycles. The minimum absolute atomic E-state index is 0.173. The minimum atomic E-state index is -0.345. The van der Waals surface area contributed by atoms with Crippen molar-refractivity contribution in [1.82, 2.24) is 9.55 Å². The molecule has 7 heteroatoms. The van der Waals surface area contributed by atoms with Crippen LogP contribution in [0.4, 0.5) is 5.69 Å². The average Bonchev–Trinajstić information content (AvgIpc) is 2.69. The first-order valence-corrected chi connectivity index (χ1v) is 10.0. The van der Waals surface area contributed by atoms with Gasteiger partial charge in [-0.3, -0.25) is 14.2 Å². The Kier molecular flexibility index (Phi) is 6.70. The second kappa shape index (κ2) is 9.24. The third-order valence-electron chi connectivity index (χ3n) is 4.87. The van der Waals surface area contributed by atoms with Crippen LogP contribution in [0.25, 0.3) is 11.4 Å². The first-order valence-electron chi connectivity index (χ1n) is 9.64. The number of amides is 1. The van der Waals surface area contributed by atoms with Gasteiger partial charge in [-0.1, -0.05) is 41.4 Å². The van der Waals surface area contributed by atoms with Gasteiger partial charge in [0.05, 0.1) is 0 Å². The summed E-state index contributed by atoms with van der Waals surface area (Å²) in [6.07, 6.45) is 0.173. The van der Waals surface area contributed by atoms with Crippen LogP contribution in [0.5, 0.6) is 0 Å². The van der Waals surface area contributed by atoms with E-state index in [9.17, 15) is 14.7 Å². The summed E-state index contributed by atoms with van der Waals surface area (Å²) in [4.78, 5) is 30.5. The summed E-state index contributed by atoms with van der Waals surface area (Å²) >= 11 is 6.12. The number of aromatic nitrogens is 2. The van der Waals surface area contributed by atoms with Crippen LogP contribution in [0, 0.1) is 20.8 Å². The van der Waals surface area contributed by atoms with Crippen molar-refractivity contribution in [3.05, 3.63) is 80.2 Å². The van der Waals surface area contributed by atoms with Gasteiger partial charge in [0.15, 0.2) is 0 Å². The van der Waals surface area contributed by atoms with E-state index in [0.717, 1.165) is 11.1 Å². The number of halogens is 1. The van der Waals surface area contributed by atoms with E-state index in [1.165, 1.54) is 4.57 Å². The Balaban J connectivity index is 2.03. The first-order chi connectivity index (χ1) is 14.3. The van der Waals surface area contributed by atoms with Gasteiger partial charge in [0.2, 0.25) is 5.91 Å². The summed E-state index contributed by atoms with van der Waals surface area (Å²) in [6, 6.07) is 12.7. The van der Waals surface area contributed by atoms with Crippen molar-refractivity contribution in [2.75, 3.05) is 11.9 Å². The predicted octanol–water partition coefficient (Wildman–Crippen LogP) is 3.66. The molecule has 156 valence electrons. The van der Waals surface area contributed by atoms with Gasteiger partial charge in [0, 0.05) is 40.6 Å². The van der Waals surface area contributed by atoms with Crippen LogP contribution < -0.4 is 10.9 Å². The van der Waals surface area contributed by atoms with Gasteiger partial charge in [-0.05, 0) is 44.5 Å². The number of nitrogens with zero attached hydrogens (tertiary/aromatic N) is 2. The lowest BCUT2D eigenvalue weighted by Gasteiger charge is -2.16. The second-order valence-corrected chi connectivity index (χ2v) is 7.68. The molecule has 0 spiro atoms. The maximum Gasteiger partial charge on any atom is 0.257 e. The van der Waals surface area contributed by atoms with Gasteiger partial charge >= 0.3 is 0 Å². The molecule has 0 atom stereocenters. The molecule has 6 nitrogen and oxygen atoms in total. The van der Waals surface area contributed by atoms with Gasteiger partial charge in [0.25, 0.3) is 5.56 Å². The fourth-order valence-electron chi connectivity index (χ4n) is 3.38. The standard InChI is InChI=1S/C23H24ClN3O3/c1-14-7-8-20(15(2)11-14)26-21(29)13-27-22(17-5-4-6-18(24)12-17)25-16(3)19(9-10-28)23(27)30/h4-8,11-12,28H,9-10,13H2,1-3H3,(H,26,29). The Labute approximate surface area is 180 Å². The van der Waals surface area contributed by atoms with Crippen LogP contribution in [0.1, 0.15) is 22.4 Å². The molecule has 30 heavy (non-hydrogen) atoms. The number of aliphatic hydroxyl groups is 1. The summed E-state index contributed by atoms with van der Waals surface area (Å²) in [6.45, 7) is 5.23. The highest BCUT2D eigenvalue weighted by Gasteiger charge is 2.18. The molecule has 0 saturated heterocycles. The quantitative estimate of drug-likeness (QED) is 0.631. The molecule has 3 aromatic rings. The predicted molar refractivity (Wildman–Crippen MR) is 119 cm³/mol. The summed E-state index contributed by atoms with van der Waals surface area (Å²) in [5.41, 5.74) is 3.94. The highest BCUT2D eigenvalue weighted by atomic mass is 35.5. The highest BCUT2D eigenvalue weighted by Crippen LogP contribution is 2.22. The van der Waals surface area contributed by atoms with Crippen molar-refractivity contribution in [3.8, 4) is 11.4 Å². The minimum Gasteiger partial charge on any atom is -0.396 e. The maximum atomic E-state index is 13.2. The Morgan fingerprint density at radius 2 is 1.93 bits per heavy atom. The number of carbonyl (C=O) groups is 1. The summed E-state index contributed by atoms with van der Waals surface area (Å²) in [7, 11) is 0. The SMILES string of the molecule is Cc1ccc(NC(=O)Cn2c(-c3cccc(Cl)c3)nc(C)c(CCO)c2=O)c(C)c1. The summed E-state index contributed by atoms with van der Waals surface area (Å²) in [5.74, 6) is 0.0189. The number of aryl methyl sites for hydroxylation is 3. The monoisotopic (exact) mass is 425 g/mol. The number of carbonyl (C=O) groups excluding carboxylic acids is 1. The maximum absolute atomic E-state index is 13.2. The number of hydrogen-bond donors (Lipinski definition) is 2. The molecule has 0 bridgehead atoms. The highest BCUT2D eigenvalue weighted by molar-refractivity contribution is 6.30. The third kappa shape index (κ3) is 4.78. The molecule has 1 heterocycles. The second-order valence-electron chi connectivity index (χ2n) is 7.24. The topological polar surface area (TPSA) is 84.2 Å². The Bertz CT molecular complexity index is 1150. The number of aliphatic hydroxyl groups excluding tert-OH is 1. The largest absolute Gasteiger partial charge is 0.396 e. The van der Waals surface area contributed by atoms with E-state index in [4.69, 9.17) is 11.6 Å². The number of anilines is 1. The van der Waals surface area contributed by atoms with Gasteiger partial charge in [-0.25, -0.2) is 4.98 Å². The molecule has 1 amide bonds. The number of hydrogen-bond acceptors (Lipinski definition) is 4. The van der Waals surface area contributed by atoms with Crippen molar-refractivity contribution >= 4 is 23.2 Å². The molecule has 2 aromatic carbocycles. The lowest BCUT2D eigenvalue weighted by molar-refractivity contribution is -0.116. The Morgan fingerprint density at radius 3 is 2.60 bits per heavy atom. The fraction of sp³-hybridized carbons (Fsp3) is 0.261. The normalized spacial score (nSPS) is 10.8. The number of benzene rings is 2. The molecular weight excluding hydrogens is 402 g/mol. The van der Waals surface area contributed by atoms with E-state index >= 15 is 0 Å². The van der Waals surface area contributed by atoms with E-state index in [1.54, 1.807) is 31.2 Å². The lowest BCUT2D eigenvalue weighted by atomic mass is 10.1. The molecular formula is C23H24ClN3O3. The van der Waals surface area contributed by atoms with E-state index in [-0.39, 0.29) is 31.0 Å². The zero-order chi connectivity index (χ0) is 21.8. The summed E-state index contributed by atoms with van der Waals surface area (Å²) in [5, 5.41) is 12.7.